The Labute approximate surface area is 158 Å². The van der Waals surface area contributed by atoms with E-state index in [2.05, 4.69) is 24.3 Å². The summed E-state index contributed by atoms with van der Waals surface area (Å²) in [5.74, 6) is -1.40. The molecule has 5 heteroatoms. The van der Waals surface area contributed by atoms with Crippen molar-refractivity contribution < 1.29 is 19.4 Å². The van der Waals surface area contributed by atoms with Gasteiger partial charge in [0.1, 0.15) is 6.61 Å². The first-order valence-corrected chi connectivity index (χ1v) is 9.24. The molecule has 1 amide bonds. The molecule has 2 aromatic carbocycles. The Hall–Kier alpha value is -2.82. The SMILES string of the molecule is CC1(C)CC(C(=O)O)CN1C(=O)OCC1c2ccccc2-c2ccccc21. The van der Waals surface area contributed by atoms with E-state index in [1.54, 1.807) is 4.90 Å². The molecular formula is C22H23NO4. The summed E-state index contributed by atoms with van der Waals surface area (Å²) in [6.45, 7) is 4.21. The zero-order valence-corrected chi connectivity index (χ0v) is 15.5. The van der Waals surface area contributed by atoms with Crippen LogP contribution in [-0.2, 0) is 9.53 Å². The molecule has 1 aliphatic heterocycles. The summed E-state index contributed by atoms with van der Waals surface area (Å²) in [6.07, 6.45) is -0.00222. The van der Waals surface area contributed by atoms with Crippen molar-refractivity contribution in [2.75, 3.05) is 13.2 Å². The van der Waals surface area contributed by atoms with E-state index in [4.69, 9.17) is 4.74 Å². The summed E-state index contributed by atoms with van der Waals surface area (Å²) in [7, 11) is 0. The number of carboxylic acids is 1. The largest absolute Gasteiger partial charge is 0.481 e. The van der Waals surface area contributed by atoms with Gasteiger partial charge in [0.2, 0.25) is 0 Å². The van der Waals surface area contributed by atoms with E-state index in [1.807, 2.05) is 38.1 Å². The van der Waals surface area contributed by atoms with Crippen LogP contribution in [0.15, 0.2) is 48.5 Å². The van der Waals surface area contributed by atoms with Gasteiger partial charge in [-0.3, -0.25) is 4.79 Å². The Morgan fingerprint density at radius 2 is 1.63 bits per heavy atom. The maximum absolute atomic E-state index is 12.7. The van der Waals surface area contributed by atoms with Crippen molar-refractivity contribution in [1.29, 1.82) is 0 Å². The average Bonchev–Trinajstić information content (AvgIpc) is 3.14. The third-order valence-corrected chi connectivity index (χ3v) is 5.79. The number of fused-ring (bicyclic) bond motifs is 3. The van der Waals surface area contributed by atoms with Crippen LogP contribution in [0.4, 0.5) is 4.79 Å². The molecule has 0 aromatic heterocycles. The highest BCUT2D eigenvalue weighted by atomic mass is 16.6. The Bertz CT molecular complexity index is 859. The van der Waals surface area contributed by atoms with Gasteiger partial charge in [-0.15, -0.1) is 0 Å². The minimum Gasteiger partial charge on any atom is -0.481 e. The number of hydrogen-bond acceptors (Lipinski definition) is 3. The molecule has 0 radical (unpaired) electrons. The quantitative estimate of drug-likeness (QED) is 0.888. The maximum Gasteiger partial charge on any atom is 0.410 e. The van der Waals surface area contributed by atoms with Gasteiger partial charge < -0.3 is 14.7 Å². The topological polar surface area (TPSA) is 66.8 Å². The minimum absolute atomic E-state index is 0.00216. The minimum atomic E-state index is -0.864. The summed E-state index contributed by atoms with van der Waals surface area (Å²) in [5, 5.41) is 9.29. The lowest BCUT2D eigenvalue weighted by atomic mass is 9.97. The fraction of sp³-hybridized carbons (Fsp3) is 0.364. The standard InChI is InChI=1S/C22H23NO4/c1-22(2)11-14(20(24)25)12-23(22)21(26)27-13-19-17-9-5-3-7-15(17)16-8-4-6-10-18(16)19/h3-10,14,19H,11-13H2,1-2H3,(H,24,25). The normalized spacial score (nSPS) is 20.2. The van der Waals surface area contributed by atoms with Crippen LogP contribution < -0.4 is 0 Å². The second-order valence-corrected chi connectivity index (χ2v) is 7.97. The predicted octanol–water partition coefficient (Wildman–Crippen LogP) is 4.12. The van der Waals surface area contributed by atoms with Crippen molar-refractivity contribution in [3.8, 4) is 11.1 Å². The van der Waals surface area contributed by atoms with E-state index >= 15 is 0 Å². The first-order valence-electron chi connectivity index (χ1n) is 9.24. The summed E-state index contributed by atoms with van der Waals surface area (Å²) in [5.41, 5.74) is 4.17. The molecule has 140 valence electrons. The van der Waals surface area contributed by atoms with Crippen LogP contribution in [-0.4, -0.2) is 40.8 Å². The Morgan fingerprint density at radius 3 is 2.15 bits per heavy atom. The lowest BCUT2D eigenvalue weighted by molar-refractivity contribution is -0.141. The molecule has 0 saturated carbocycles. The molecule has 1 unspecified atom stereocenters. The molecular weight excluding hydrogens is 342 g/mol. The van der Waals surface area contributed by atoms with Gasteiger partial charge in [-0.05, 0) is 42.5 Å². The highest BCUT2D eigenvalue weighted by molar-refractivity contribution is 5.79. The van der Waals surface area contributed by atoms with Crippen molar-refractivity contribution >= 4 is 12.1 Å². The zero-order chi connectivity index (χ0) is 19.2. The second-order valence-electron chi connectivity index (χ2n) is 7.97. The van der Waals surface area contributed by atoms with Gasteiger partial charge in [-0.25, -0.2) is 4.79 Å². The molecule has 1 atom stereocenters. The number of amides is 1. The van der Waals surface area contributed by atoms with Crippen LogP contribution in [0.3, 0.4) is 0 Å². The lowest BCUT2D eigenvalue weighted by Gasteiger charge is -2.30. The number of ether oxygens (including phenoxy) is 1. The first kappa shape index (κ1) is 17.6. The molecule has 2 aromatic rings. The number of carbonyl (C=O) groups excluding carboxylic acids is 1. The van der Waals surface area contributed by atoms with E-state index in [9.17, 15) is 14.7 Å². The third-order valence-electron chi connectivity index (χ3n) is 5.79. The number of hydrogen-bond donors (Lipinski definition) is 1. The van der Waals surface area contributed by atoms with Gasteiger partial charge in [0.15, 0.2) is 0 Å². The van der Waals surface area contributed by atoms with Gasteiger partial charge in [-0.1, -0.05) is 48.5 Å². The predicted molar refractivity (Wildman–Crippen MR) is 102 cm³/mol. The molecule has 1 N–H and O–H groups in total. The maximum atomic E-state index is 12.7. The van der Waals surface area contributed by atoms with Crippen molar-refractivity contribution in [1.82, 2.24) is 4.90 Å². The highest BCUT2D eigenvalue weighted by Crippen LogP contribution is 2.44. The number of carboxylic acid groups (broad SMARTS) is 1. The summed E-state index contributed by atoms with van der Waals surface area (Å²) in [6, 6.07) is 16.4. The third kappa shape index (κ3) is 2.97. The van der Waals surface area contributed by atoms with Crippen molar-refractivity contribution in [3.05, 3.63) is 59.7 Å². The fourth-order valence-corrected chi connectivity index (χ4v) is 4.40. The summed E-state index contributed by atoms with van der Waals surface area (Å²) in [4.78, 5) is 25.6. The Kier molecular flexibility index (Phi) is 4.17. The van der Waals surface area contributed by atoms with Crippen LogP contribution in [0.2, 0.25) is 0 Å². The van der Waals surface area contributed by atoms with Gasteiger partial charge in [0, 0.05) is 18.0 Å². The second kappa shape index (κ2) is 6.41. The van der Waals surface area contributed by atoms with Crippen LogP contribution in [0.5, 0.6) is 0 Å². The number of carbonyl (C=O) groups is 2. The van der Waals surface area contributed by atoms with E-state index in [1.165, 1.54) is 11.1 Å². The molecule has 27 heavy (non-hydrogen) atoms. The molecule has 0 spiro atoms. The number of aliphatic carboxylic acids is 1. The molecule has 5 nitrogen and oxygen atoms in total. The van der Waals surface area contributed by atoms with Crippen molar-refractivity contribution in [2.45, 2.75) is 31.7 Å². The fourth-order valence-electron chi connectivity index (χ4n) is 4.40. The molecule has 1 fully saturated rings. The number of likely N-dealkylation sites (tertiary alicyclic amines) is 1. The molecule has 1 saturated heterocycles. The number of rotatable bonds is 3. The van der Waals surface area contributed by atoms with Gasteiger partial charge in [-0.2, -0.15) is 0 Å². The van der Waals surface area contributed by atoms with Crippen LogP contribution in [0, 0.1) is 5.92 Å². The first-order chi connectivity index (χ1) is 12.9. The summed E-state index contributed by atoms with van der Waals surface area (Å²) < 4.78 is 5.68. The van der Waals surface area contributed by atoms with Gasteiger partial charge in [0.05, 0.1) is 5.92 Å². The Morgan fingerprint density at radius 1 is 1.07 bits per heavy atom. The van der Waals surface area contributed by atoms with Crippen molar-refractivity contribution in [3.63, 3.8) is 0 Å². The van der Waals surface area contributed by atoms with E-state index in [0.29, 0.717) is 6.42 Å². The van der Waals surface area contributed by atoms with Crippen molar-refractivity contribution in [2.24, 2.45) is 5.92 Å². The highest BCUT2D eigenvalue weighted by Gasteiger charge is 2.45. The summed E-state index contributed by atoms with van der Waals surface area (Å²) >= 11 is 0. The molecule has 1 heterocycles. The lowest BCUT2D eigenvalue weighted by Crippen LogP contribution is -2.43. The number of benzene rings is 2. The van der Waals surface area contributed by atoms with Gasteiger partial charge in [0.25, 0.3) is 0 Å². The average molecular weight is 365 g/mol. The van der Waals surface area contributed by atoms with E-state index in [-0.39, 0.29) is 19.1 Å². The van der Waals surface area contributed by atoms with Gasteiger partial charge >= 0.3 is 12.1 Å². The van der Waals surface area contributed by atoms with Crippen LogP contribution in [0.1, 0.15) is 37.3 Å². The molecule has 0 bridgehead atoms. The van der Waals surface area contributed by atoms with E-state index < -0.39 is 23.5 Å². The zero-order valence-electron chi connectivity index (χ0n) is 15.5. The number of nitrogens with zero attached hydrogens (tertiary/aromatic N) is 1. The monoisotopic (exact) mass is 365 g/mol. The molecule has 2 aliphatic rings. The van der Waals surface area contributed by atoms with E-state index in [0.717, 1.165) is 11.1 Å². The van der Waals surface area contributed by atoms with Crippen LogP contribution >= 0.6 is 0 Å². The Balaban J connectivity index is 1.52. The van der Waals surface area contributed by atoms with Crippen LogP contribution in [0.25, 0.3) is 11.1 Å². The smallest absolute Gasteiger partial charge is 0.410 e. The molecule has 4 rings (SSSR count). The molecule has 1 aliphatic carbocycles.